The molecule has 0 saturated heterocycles. The number of benzene rings is 1. The van der Waals surface area contributed by atoms with Crippen molar-refractivity contribution in [2.45, 2.75) is 19.8 Å². The molecule has 1 aromatic heterocycles. The van der Waals surface area contributed by atoms with Crippen molar-refractivity contribution >= 4 is 23.7 Å². The Kier molecular flexibility index (Phi) is 5.99. The zero-order valence-electron chi connectivity index (χ0n) is 12.8. The van der Waals surface area contributed by atoms with Crippen LogP contribution in [0.15, 0.2) is 53.9 Å². The van der Waals surface area contributed by atoms with Gasteiger partial charge < -0.3 is 5.32 Å². The number of pyridine rings is 1. The van der Waals surface area contributed by atoms with Crippen LogP contribution in [0.25, 0.3) is 0 Å². The molecule has 6 heteroatoms. The van der Waals surface area contributed by atoms with Gasteiger partial charge in [-0.1, -0.05) is 12.1 Å². The highest BCUT2D eigenvalue weighted by Crippen LogP contribution is 2.10. The van der Waals surface area contributed by atoms with Gasteiger partial charge in [-0.2, -0.15) is 5.10 Å². The molecular formula is C17H18N4O2. The van der Waals surface area contributed by atoms with Crippen LogP contribution < -0.4 is 10.7 Å². The predicted octanol–water partition coefficient (Wildman–Crippen LogP) is 2.26. The molecule has 1 aromatic carbocycles. The lowest BCUT2D eigenvalue weighted by Crippen LogP contribution is -2.20. The first-order valence-corrected chi connectivity index (χ1v) is 7.22. The number of anilines is 1. The Labute approximate surface area is 134 Å². The van der Waals surface area contributed by atoms with Crippen molar-refractivity contribution in [2.24, 2.45) is 5.10 Å². The second kappa shape index (κ2) is 8.43. The lowest BCUT2D eigenvalue weighted by molar-refractivity contribution is -0.124. The summed E-state index contributed by atoms with van der Waals surface area (Å²) in [6, 6.07) is 11.0. The first kappa shape index (κ1) is 16.4. The normalized spacial score (nSPS) is 10.5. The second-order valence-electron chi connectivity index (χ2n) is 4.99. The van der Waals surface area contributed by atoms with Crippen molar-refractivity contribution in [3.05, 3.63) is 59.9 Å². The summed E-state index contributed by atoms with van der Waals surface area (Å²) in [6.45, 7) is 1.95. The van der Waals surface area contributed by atoms with Crippen LogP contribution in [0, 0.1) is 6.92 Å². The van der Waals surface area contributed by atoms with Crippen LogP contribution in [-0.2, 0) is 9.59 Å². The zero-order valence-corrected chi connectivity index (χ0v) is 12.8. The van der Waals surface area contributed by atoms with Crippen LogP contribution in [0.4, 0.5) is 5.69 Å². The van der Waals surface area contributed by atoms with E-state index in [4.69, 9.17) is 0 Å². The largest absolute Gasteiger partial charge is 0.326 e. The number of carbonyl (C=O) groups excluding carboxylic acids is 2. The number of aryl methyl sites for hydroxylation is 1. The highest BCUT2D eigenvalue weighted by molar-refractivity contribution is 5.93. The number of carbonyl (C=O) groups is 2. The van der Waals surface area contributed by atoms with E-state index < -0.39 is 0 Å². The first-order valence-electron chi connectivity index (χ1n) is 7.22. The molecule has 0 bridgehead atoms. The van der Waals surface area contributed by atoms with Gasteiger partial charge >= 0.3 is 0 Å². The van der Waals surface area contributed by atoms with Crippen molar-refractivity contribution in [2.75, 3.05) is 5.32 Å². The van der Waals surface area contributed by atoms with E-state index in [0.29, 0.717) is 0 Å². The molecule has 6 nitrogen and oxygen atoms in total. The van der Waals surface area contributed by atoms with Gasteiger partial charge in [0.05, 0.1) is 6.21 Å². The molecule has 2 rings (SSSR count). The highest BCUT2D eigenvalue weighted by atomic mass is 16.2. The molecule has 0 aliphatic carbocycles. The van der Waals surface area contributed by atoms with Gasteiger partial charge in [-0.3, -0.25) is 14.6 Å². The average molecular weight is 310 g/mol. The van der Waals surface area contributed by atoms with Crippen molar-refractivity contribution in [1.29, 1.82) is 0 Å². The minimum Gasteiger partial charge on any atom is -0.326 e. The van der Waals surface area contributed by atoms with Crippen LogP contribution >= 0.6 is 0 Å². The molecule has 118 valence electrons. The summed E-state index contributed by atoms with van der Waals surface area (Å²) in [4.78, 5) is 27.3. The van der Waals surface area contributed by atoms with Crippen LogP contribution in [0.1, 0.15) is 24.0 Å². The molecule has 1 heterocycles. The van der Waals surface area contributed by atoms with E-state index in [1.54, 1.807) is 24.5 Å². The zero-order chi connectivity index (χ0) is 16.5. The maximum atomic E-state index is 11.8. The molecule has 0 fully saturated rings. The third-order valence-electron chi connectivity index (χ3n) is 2.99. The summed E-state index contributed by atoms with van der Waals surface area (Å²) in [5.74, 6) is -0.515. The molecule has 0 saturated carbocycles. The molecule has 0 aliphatic heterocycles. The fourth-order valence-electron chi connectivity index (χ4n) is 1.86. The number of rotatable bonds is 6. The monoisotopic (exact) mass is 310 g/mol. The Morgan fingerprint density at radius 2 is 1.87 bits per heavy atom. The Morgan fingerprint density at radius 3 is 2.61 bits per heavy atom. The average Bonchev–Trinajstić information content (AvgIpc) is 2.54. The molecular weight excluding hydrogens is 292 g/mol. The van der Waals surface area contributed by atoms with E-state index >= 15 is 0 Å². The number of aromatic nitrogens is 1. The van der Waals surface area contributed by atoms with Crippen molar-refractivity contribution < 1.29 is 9.59 Å². The predicted molar refractivity (Wildman–Crippen MR) is 89.0 cm³/mol. The smallest absolute Gasteiger partial charge is 0.240 e. The lowest BCUT2D eigenvalue weighted by atomic mass is 10.2. The maximum Gasteiger partial charge on any atom is 0.240 e. The van der Waals surface area contributed by atoms with Crippen LogP contribution in [0.3, 0.4) is 0 Å². The number of hydrogen-bond donors (Lipinski definition) is 2. The van der Waals surface area contributed by atoms with Crippen LogP contribution in [-0.4, -0.2) is 23.0 Å². The molecule has 0 unspecified atom stereocenters. The SMILES string of the molecule is Cc1cccc(NC(=O)CCC(=O)NN=Cc2ccncc2)c1. The summed E-state index contributed by atoms with van der Waals surface area (Å²) in [7, 11) is 0. The maximum absolute atomic E-state index is 11.8. The fourth-order valence-corrected chi connectivity index (χ4v) is 1.86. The molecule has 0 spiro atoms. The number of nitrogens with one attached hydrogen (secondary N) is 2. The van der Waals surface area contributed by atoms with Gasteiger partial charge in [-0.15, -0.1) is 0 Å². The van der Waals surface area contributed by atoms with E-state index in [-0.39, 0.29) is 24.7 Å². The highest BCUT2D eigenvalue weighted by Gasteiger charge is 2.06. The van der Waals surface area contributed by atoms with Crippen molar-refractivity contribution in [3.8, 4) is 0 Å². The van der Waals surface area contributed by atoms with Gasteiger partial charge in [0.15, 0.2) is 0 Å². The van der Waals surface area contributed by atoms with Crippen LogP contribution in [0.2, 0.25) is 0 Å². The fraction of sp³-hybridized carbons (Fsp3) is 0.176. The molecule has 0 radical (unpaired) electrons. The minimum atomic E-state index is -0.310. The number of nitrogens with zero attached hydrogens (tertiary/aromatic N) is 2. The van der Waals surface area contributed by atoms with Gasteiger partial charge in [-0.25, -0.2) is 5.43 Å². The lowest BCUT2D eigenvalue weighted by Gasteiger charge is -2.05. The Hall–Kier alpha value is -3.02. The van der Waals surface area contributed by atoms with Gasteiger partial charge in [0, 0.05) is 30.9 Å². The van der Waals surface area contributed by atoms with E-state index in [9.17, 15) is 9.59 Å². The number of hydrazone groups is 1. The summed E-state index contributed by atoms with van der Waals surface area (Å²) < 4.78 is 0. The minimum absolute atomic E-state index is 0.0747. The molecule has 0 aliphatic rings. The molecule has 2 aromatic rings. The summed E-state index contributed by atoms with van der Waals surface area (Å²) in [6.07, 6.45) is 4.97. The first-order chi connectivity index (χ1) is 11.1. The van der Waals surface area contributed by atoms with Crippen molar-refractivity contribution in [1.82, 2.24) is 10.4 Å². The third kappa shape index (κ3) is 6.09. The molecule has 0 atom stereocenters. The van der Waals surface area contributed by atoms with E-state index in [1.165, 1.54) is 6.21 Å². The van der Waals surface area contributed by atoms with E-state index in [0.717, 1.165) is 16.8 Å². The van der Waals surface area contributed by atoms with Crippen LogP contribution in [0.5, 0.6) is 0 Å². The molecule has 2 N–H and O–H groups in total. The second-order valence-corrected chi connectivity index (χ2v) is 4.99. The summed E-state index contributed by atoms with van der Waals surface area (Å²) in [5, 5.41) is 6.59. The van der Waals surface area contributed by atoms with E-state index in [1.807, 2.05) is 31.2 Å². The molecule has 23 heavy (non-hydrogen) atoms. The Balaban J connectivity index is 1.71. The van der Waals surface area contributed by atoms with Gasteiger partial charge in [0.25, 0.3) is 0 Å². The number of amides is 2. The van der Waals surface area contributed by atoms with Gasteiger partial charge in [-0.05, 0) is 42.3 Å². The standard InChI is InChI=1S/C17H18N4O2/c1-13-3-2-4-15(11-13)20-16(22)5-6-17(23)21-19-12-14-7-9-18-10-8-14/h2-4,7-12H,5-6H2,1H3,(H,20,22)(H,21,23). The van der Waals surface area contributed by atoms with Gasteiger partial charge in [0.2, 0.25) is 11.8 Å². The summed E-state index contributed by atoms with van der Waals surface area (Å²) >= 11 is 0. The topological polar surface area (TPSA) is 83.5 Å². The molecule has 2 amide bonds. The van der Waals surface area contributed by atoms with Gasteiger partial charge in [0.1, 0.15) is 0 Å². The number of hydrogen-bond acceptors (Lipinski definition) is 4. The Bertz CT molecular complexity index is 699. The Morgan fingerprint density at radius 1 is 1.13 bits per heavy atom. The van der Waals surface area contributed by atoms with Crippen molar-refractivity contribution in [3.63, 3.8) is 0 Å². The quantitative estimate of drug-likeness (QED) is 0.634. The summed E-state index contributed by atoms with van der Waals surface area (Å²) in [5.41, 5.74) is 5.01. The van der Waals surface area contributed by atoms with E-state index in [2.05, 4.69) is 20.8 Å². The third-order valence-corrected chi connectivity index (χ3v) is 2.99.